The predicted molar refractivity (Wildman–Crippen MR) is 212 cm³/mol. The van der Waals surface area contributed by atoms with E-state index in [0.717, 1.165) is 22.4 Å². The number of H-pyrrole nitrogens is 1. The number of hydrogen-bond acceptors (Lipinski definition) is 11. The summed E-state index contributed by atoms with van der Waals surface area (Å²) in [5.74, 6) is 0.988. The Morgan fingerprint density at radius 3 is 2.59 bits per heavy atom. The van der Waals surface area contributed by atoms with Gasteiger partial charge in [0.1, 0.15) is 30.1 Å². The van der Waals surface area contributed by atoms with Crippen LogP contribution in [-0.4, -0.2) is 115 Å². The van der Waals surface area contributed by atoms with Crippen LogP contribution in [0.4, 0.5) is 11.7 Å². The first kappa shape index (κ1) is 40.4. The van der Waals surface area contributed by atoms with E-state index < -0.39 is 5.54 Å². The number of carbonyl (C=O) groups is 4. The lowest BCUT2D eigenvalue weighted by Gasteiger charge is -2.39. The zero-order valence-electron chi connectivity index (χ0n) is 31.3. The van der Waals surface area contributed by atoms with E-state index in [1.54, 1.807) is 18.5 Å². The van der Waals surface area contributed by atoms with E-state index in [4.69, 9.17) is 26.5 Å². The van der Waals surface area contributed by atoms with Crippen LogP contribution in [0, 0.1) is 0 Å². The standard InChI is InChI=1S/C39H49ClN10O6/c1-2-33(52)49-21-22-50(34(53)25-49)35-10-8-29(56-35)7-9-32(51)43-18-24-55-23-17-42-15-12-31(27-3-5-28(40)6-4-27)47-38(54)39(41)13-19-48(20-14-39)37-30-11-16-44-36(30)45-26-46-37/h2-6,8,10-11,16,26,31,42H,1,7,9,12-15,17-25,41H2,(H,43,51)(H,47,54)(H,44,45,46)/t31-/m0/s1. The monoisotopic (exact) mass is 788 g/mol. The number of hydrogen-bond donors (Lipinski definition) is 5. The number of ether oxygens (including phenoxy) is 1. The molecule has 17 heteroatoms. The zero-order valence-corrected chi connectivity index (χ0v) is 32.1. The van der Waals surface area contributed by atoms with Gasteiger partial charge >= 0.3 is 0 Å². The van der Waals surface area contributed by atoms with Gasteiger partial charge in [0.25, 0.3) is 0 Å². The van der Waals surface area contributed by atoms with Crippen molar-refractivity contribution in [2.24, 2.45) is 5.73 Å². The molecule has 0 radical (unpaired) electrons. The lowest BCUT2D eigenvalue weighted by Crippen LogP contribution is -2.60. The minimum atomic E-state index is -1.02. The lowest BCUT2D eigenvalue weighted by molar-refractivity contribution is -0.133. The number of aromatic amines is 1. The molecule has 298 valence electrons. The van der Waals surface area contributed by atoms with Crippen molar-refractivity contribution < 1.29 is 28.3 Å². The van der Waals surface area contributed by atoms with Crippen molar-refractivity contribution in [3.8, 4) is 0 Å². The van der Waals surface area contributed by atoms with Crippen LogP contribution >= 0.6 is 11.6 Å². The molecular formula is C39H49ClN10O6. The molecule has 16 nitrogen and oxygen atoms in total. The number of aromatic nitrogens is 3. The summed E-state index contributed by atoms with van der Waals surface area (Å²) in [6.07, 6.45) is 6.76. The maximum atomic E-state index is 13.7. The summed E-state index contributed by atoms with van der Waals surface area (Å²) in [5, 5.41) is 11.0. The Labute approximate surface area is 330 Å². The topological polar surface area (TPSA) is 204 Å². The van der Waals surface area contributed by atoms with E-state index >= 15 is 0 Å². The number of fused-ring (bicyclic) bond motifs is 1. The molecule has 6 N–H and O–H groups in total. The second-order valence-electron chi connectivity index (χ2n) is 13.9. The number of benzene rings is 1. The van der Waals surface area contributed by atoms with Gasteiger partial charge in [-0.1, -0.05) is 30.3 Å². The van der Waals surface area contributed by atoms with Crippen LogP contribution in [0.1, 0.15) is 43.0 Å². The molecule has 2 aliphatic rings. The minimum absolute atomic E-state index is 0.0346. The molecule has 2 saturated heterocycles. The van der Waals surface area contributed by atoms with E-state index in [2.05, 4.69) is 42.4 Å². The molecule has 6 rings (SSSR count). The minimum Gasteiger partial charge on any atom is -0.445 e. The molecule has 0 spiro atoms. The number of piperidine rings is 1. The third-order valence-corrected chi connectivity index (χ3v) is 10.4. The molecule has 0 saturated carbocycles. The van der Waals surface area contributed by atoms with Crippen molar-refractivity contribution in [3.63, 3.8) is 0 Å². The van der Waals surface area contributed by atoms with Crippen LogP contribution in [0.15, 0.2) is 72.1 Å². The Hall–Kier alpha value is -5.29. The molecule has 4 aromatic rings. The smallest absolute Gasteiger partial charge is 0.248 e. The molecule has 2 aliphatic heterocycles. The van der Waals surface area contributed by atoms with E-state index in [1.807, 2.05) is 36.5 Å². The molecule has 3 aromatic heterocycles. The lowest BCUT2D eigenvalue weighted by atomic mass is 9.87. The Balaban J connectivity index is 0.861. The van der Waals surface area contributed by atoms with Crippen LogP contribution in [0.5, 0.6) is 0 Å². The summed E-state index contributed by atoms with van der Waals surface area (Å²) in [4.78, 5) is 67.4. The number of aryl methyl sites for hydroxylation is 1. The molecule has 1 aromatic carbocycles. The first-order chi connectivity index (χ1) is 27.1. The quantitative estimate of drug-likeness (QED) is 0.0732. The van der Waals surface area contributed by atoms with Crippen molar-refractivity contribution in [2.75, 3.05) is 75.4 Å². The molecule has 5 heterocycles. The van der Waals surface area contributed by atoms with Gasteiger partial charge in [-0.3, -0.25) is 24.1 Å². The molecule has 0 unspecified atom stereocenters. The number of nitrogens with one attached hydrogen (secondary N) is 4. The molecule has 2 fully saturated rings. The molecule has 0 bridgehead atoms. The van der Waals surface area contributed by atoms with Crippen molar-refractivity contribution in [1.82, 2.24) is 35.8 Å². The van der Waals surface area contributed by atoms with E-state index in [1.165, 1.54) is 15.9 Å². The van der Waals surface area contributed by atoms with Gasteiger partial charge in [-0.2, -0.15) is 0 Å². The van der Waals surface area contributed by atoms with Crippen LogP contribution in [0.3, 0.4) is 0 Å². The average Bonchev–Trinajstić information content (AvgIpc) is 3.89. The van der Waals surface area contributed by atoms with Crippen LogP contribution in [0.2, 0.25) is 5.02 Å². The van der Waals surface area contributed by atoms with E-state index in [9.17, 15) is 19.2 Å². The molecule has 1 atom stereocenters. The van der Waals surface area contributed by atoms with E-state index in [-0.39, 0.29) is 42.6 Å². The number of halogens is 1. The van der Waals surface area contributed by atoms with Gasteiger partial charge in [0, 0.05) is 69.4 Å². The number of furan rings is 1. The van der Waals surface area contributed by atoms with Gasteiger partial charge in [-0.05, 0) is 61.7 Å². The summed E-state index contributed by atoms with van der Waals surface area (Å²) in [7, 11) is 0. The summed E-state index contributed by atoms with van der Waals surface area (Å²) >= 11 is 6.16. The van der Waals surface area contributed by atoms with E-state index in [0.29, 0.717) is 101 Å². The van der Waals surface area contributed by atoms with Gasteiger partial charge in [0.15, 0.2) is 0 Å². The second kappa shape index (κ2) is 19.0. The molecular weight excluding hydrogens is 740 g/mol. The van der Waals surface area contributed by atoms with Crippen LogP contribution in [-0.2, 0) is 30.3 Å². The van der Waals surface area contributed by atoms with Gasteiger partial charge in [-0.25, -0.2) is 9.97 Å². The fourth-order valence-electron chi connectivity index (χ4n) is 6.85. The maximum Gasteiger partial charge on any atom is 0.248 e. The number of amides is 4. The fraction of sp³-hybridized carbons (Fsp3) is 0.436. The fourth-order valence-corrected chi connectivity index (χ4v) is 6.98. The van der Waals surface area contributed by atoms with Gasteiger partial charge in [0.05, 0.1) is 30.2 Å². The second-order valence-corrected chi connectivity index (χ2v) is 14.3. The number of piperazine rings is 1. The Morgan fingerprint density at radius 2 is 1.82 bits per heavy atom. The largest absolute Gasteiger partial charge is 0.445 e. The summed E-state index contributed by atoms with van der Waals surface area (Å²) in [6, 6.07) is 12.6. The summed E-state index contributed by atoms with van der Waals surface area (Å²) < 4.78 is 11.5. The Kier molecular flexibility index (Phi) is 13.7. The normalized spacial score (nSPS) is 16.2. The highest BCUT2D eigenvalue weighted by Gasteiger charge is 2.39. The van der Waals surface area contributed by atoms with Gasteiger partial charge in [0.2, 0.25) is 29.5 Å². The van der Waals surface area contributed by atoms with Crippen LogP contribution in [0.25, 0.3) is 11.0 Å². The predicted octanol–water partition coefficient (Wildman–Crippen LogP) is 2.47. The Morgan fingerprint density at radius 1 is 1.04 bits per heavy atom. The third-order valence-electron chi connectivity index (χ3n) is 10.1. The molecule has 0 aliphatic carbocycles. The number of anilines is 2. The average molecular weight is 789 g/mol. The van der Waals surface area contributed by atoms with Crippen molar-refractivity contribution in [2.45, 2.75) is 43.7 Å². The van der Waals surface area contributed by atoms with Crippen molar-refractivity contribution in [1.29, 1.82) is 0 Å². The van der Waals surface area contributed by atoms with Crippen LogP contribution < -0.4 is 31.5 Å². The highest BCUT2D eigenvalue weighted by molar-refractivity contribution is 6.30. The highest BCUT2D eigenvalue weighted by atomic mass is 35.5. The van der Waals surface area contributed by atoms with Crippen molar-refractivity contribution in [3.05, 3.63) is 84.0 Å². The first-order valence-corrected chi connectivity index (χ1v) is 19.3. The Bertz CT molecular complexity index is 1980. The number of nitrogens with two attached hydrogens (primary N) is 1. The van der Waals surface area contributed by atoms with Gasteiger partial charge in [-0.15, -0.1) is 0 Å². The SMILES string of the molecule is C=CC(=O)N1CCN(c2ccc(CCC(=O)NCCOCCNCC[C@H](NC(=O)C3(N)CCN(c4ncnc5[nH]ccc45)CC3)c3ccc(Cl)cc3)o2)C(=O)C1. The summed E-state index contributed by atoms with van der Waals surface area (Å²) in [6.45, 7) is 7.70. The number of carbonyl (C=O) groups excluding carboxylic acids is 4. The summed E-state index contributed by atoms with van der Waals surface area (Å²) in [5.41, 5.74) is 7.44. The number of nitrogens with zero attached hydrogens (tertiary/aromatic N) is 5. The highest BCUT2D eigenvalue weighted by Crippen LogP contribution is 2.29. The first-order valence-electron chi connectivity index (χ1n) is 18.9. The zero-order chi connectivity index (χ0) is 39.5. The van der Waals surface area contributed by atoms with Gasteiger partial charge < -0.3 is 45.6 Å². The molecule has 4 amide bonds. The maximum absolute atomic E-state index is 13.7. The molecule has 56 heavy (non-hydrogen) atoms. The third kappa shape index (κ3) is 10.3. The van der Waals surface area contributed by atoms with Crippen molar-refractivity contribution >= 4 is 58.0 Å². The number of rotatable bonds is 18.